The number of aliphatic carboxylic acids is 1. The van der Waals surface area contributed by atoms with Crippen LogP contribution < -0.4 is 5.32 Å². The van der Waals surface area contributed by atoms with Crippen LogP contribution in [0.3, 0.4) is 0 Å². The van der Waals surface area contributed by atoms with Crippen LogP contribution in [-0.4, -0.2) is 30.2 Å². The van der Waals surface area contributed by atoms with Gasteiger partial charge in [-0.3, -0.25) is 10.1 Å². The van der Waals surface area contributed by atoms with E-state index in [9.17, 15) is 28.4 Å². The van der Waals surface area contributed by atoms with Crippen molar-refractivity contribution < 1.29 is 23.2 Å². The number of rotatable bonds is 3. The number of sulfone groups is 1. The number of benzene rings is 1. The number of carboxylic acid groups (broad SMARTS) is 1. The van der Waals surface area contributed by atoms with Crippen LogP contribution in [0, 0.1) is 10.1 Å². The number of nitrogens with zero attached hydrogens (tertiary/aromatic N) is 1. The standard InChI is InChI=1S/C15H14N2O6S/c1-8-12(15(18)19)13(9-3-2-4-10(7-9)17(20)21)14-11(16-8)5-6-24(14,22)23/h2-4,7,13,16H,5-6H2,1H3,(H,18,19). The number of carbonyl (C=O) groups is 1. The summed E-state index contributed by atoms with van der Waals surface area (Å²) in [4.78, 5) is 22.1. The first-order valence-corrected chi connectivity index (χ1v) is 8.79. The molecule has 0 bridgehead atoms. The molecule has 0 amide bonds. The fourth-order valence-electron chi connectivity index (χ4n) is 3.20. The number of hydrogen-bond donors (Lipinski definition) is 2. The van der Waals surface area contributed by atoms with E-state index in [1.165, 1.54) is 24.3 Å². The third-order valence-corrected chi connectivity index (χ3v) is 6.09. The summed E-state index contributed by atoms with van der Waals surface area (Å²) in [5, 5.41) is 23.4. The van der Waals surface area contributed by atoms with Gasteiger partial charge in [0.15, 0.2) is 9.84 Å². The molecule has 0 spiro atoms. The predicted octanol–water partition coefficient (Wildman–Crippen LogP) is 1.67. The maximum atomic E-state index is 12.4. The lowest BCUT2D eigenvalue weighted by Crippen LogP contribution is -2.28. The molecule has 2 N–H and O–H groups in total. The summed E-state index contributed by atoms with van der Waals surface area (Å²) in [6.45, 7) is 1.56. The maximum Gasteiger partial charge on any atom is 0.334 e. The predicted molar refractivity (Wildman–Crippen MR) is 84.7 cm³/mol. The van der Waals surface area contributed by atoms with Crippen LogP contribution >= 0.6 is 0 Å². The Bertz CT molecular complexity index is 929. The zero-order valence-electron chi connectivity index (χ0n) is 12.6. The molecule has 9 heteroatoms. The Hall–Kier alpha value is -2.68. The summed E-state index contributed by atoms with van der Waals surface area (Å²) >= 11 is 0. The summed E-state index contributed by atoms with van der Waals surface area (Å²) in [5.41, 5.74) is 0.759. The average molecular weight is 350 g/mol. The normalized spacial score (nSPS) is 22.1. The lowest BCUT2D eigenvalue weighted by Gasteiger charge is -2.27. The fourth-order valence-corrected chi connectivity index (χ4v) is 5.03. The molecule has 0 aromatic heterocycles. The minimum Gasteiger partial charge on any atom is -0.478 e. The number of non-ortho nitro benzene ring substituents is 1. The van der Waals surface area contributed by atoms with Crippen molar-refractivity contribution >= 4 is 21.5 Å². The number of nitro benzene ring substituents is 1. The summed E-state index contributed by atoms with van der Waals surface area (Å²) in [5.74, 6) is -2.41. The molecule has 2 aliphatic rings. The smallest absolute Gasteiger partial charge is 0.334 e. The van der Waals surface area contributed by atoms with E-state index >= 15 is 0 Å². The Balaban J connectivity index is 2.26. The molecule has 0 saturated carbocycles. The van der Waals surface area contributed by atoms with E-state index in [4.69, 9.17) is 0 Å². The molecule has 0 fully saturated rings. The zero-order chi connectivity index (χ0) is 17.6. The van der Waals surface area contributed by atoms with Crippen LogP contribution in [-0.2, 0) is 14.6 Å². The van der Waals surface area contributed by atoms with E-state index in [1.54, 1.807) is 6.92 Å². The maximum absolute atomic E-state index is 12.4. The molecule has 1 aromatic rings. The van der Waals surface area contributed by atoms with Gasteiger partial charge in [0.25, 0.3) is 5.69 Å². The van der Waals surface area contributed by atoms with Crippen molar-refractivity contribution in [2.75, 3.05) is 5.75 Å². The second kappa shape index (κ2) is 5.45. The van der Waals surface area contributed by atoms with Gasteiger partial charge in [0.05, 0.1) is 27.1 Å². The Kier molecular flexibility index (Phi) is 3.67. The Morgan fingerprint density at radius 1 is 1.42 bits per heavy atom. The minimum absolute atomic E-state index is 0.00555. The van der Waals surface area contributed by atoms with Crippen molar-refractivity contribution in [2.45, 2.75) is 19.3 Å². The van der Waals surface area contributed by atoms with Crippen LogP contribution in [0.2, 0.25) is 0 Å². The molecule has 24 heavy (non-hydrogen) atoms. The minimum atomic E-state index is -3.62. The van der Waals surface area contributed by atoms with Gasteiger partial charge in [0, 0.05) is 29.9 Å². The fraction of sp³-hybridized carbons (Fsp3) is 0.267. The molecule has 0 saturated heterocycles. The largest absolute Gasteiger partial charge is 0.478 e. The van der Waals surface area contributed by atoms with E-state index in [1.807, 2.05) is 0 Å². The Morgan fingerprint density at radius 3 is 2.75 bits per heavy atom. The lowest BCUT2D eigenvalue weighted by atomic mass is 9.86. The van der Waals surface area contributed by atoms with Crippen LogP contribution in [0.5, 0.6) is 0 Å². The number of nitro groups is 1. The molecule has 8 nitrogen and oxygen atoms in total. The second-order valence-corrected chi connectivity index (χ2v) is 7.74. The SMILES string of the molecule is CC1=C(C(=O)O)C(c2cccc([N+](=O)[O-])c2)C2=C(CCS2(=O)=O)N1. The summed E-state index contributed by atoms with van der Waals surface area (Å²) in [6, 6.07) is 5.44. The van der Waals surface area contributed by atoms with Crippen molar-refractivity contribution in [3.8, 4) is 0 Å². The molecule has 1 atom stereocenters. The second-order valence-electron chi connectivity index (χ2n) is 5.67. The van der Waals surface area contributed by atoms with Crippen LogP contribution in [0.1, 0.15) is 24.8 Å². The molecular formula is C15H14N2O6S. The van der Waals surface area contributed by atoms with Crippen molar-refractivity contribution in [1.29, 1.82) is 0 Å². The molecule has 126 valence electrons. The van der Waals surface area contributed by atoms with Crippen molar-refractivity contribution in [3.05, 3.63) is 61.8 Å². The van der Waals surface area contributed by atoms with Gasteiger partial charge in [-0.1, -0.05) is 12.1 Å². The molecule has 1 unspecified atom stereocenters. The number of dihydropyridines is 1. The van der Waals surface area contributed by atoms with E-state index < -0.39 is 26.6 Å². The molecule has 3 rings (SSSR count). The topological polar surface area (TPSA) is 127 Å². The summed E-state index contributed by atoms with van der Waals surface area (Å²) in [6.07, 6.45) is 0.271. The Labute approximate surface area is 137 Å². The first-order valence-electron chi connectivity index (χ1n) is 7.13. The third-order valence-electron chi connectivity index (χ3n) is 4.19. The molecule has 0 aliphatic carbocycles. The highest BCUT2D eigenvalue weighted by Crippen LogP contribution is 2.45. The zero-order valence-corrected chi connectivity index (χ0v) is 13.5. The quantitative estimate of drug-likeness (QED) is 0.627. The lowest BCUT2D eigenvalue weighted by molar-refractivity contribution is -0.384. The van der Waals surface area contributed by atoms with Crippen molar-refractivity contribution in [2.24, 2.45) is 0 Å². The van der Waals surface area contributed by atoms with Gasteiger partial charge >= 0.3 is 5.97 Å². The van der Waals surface area contributed by atoms with E-state index in [2.05, 4.69) is 5.32 Å². The van der Waals surface area contributed by atoms with Crippen LogP contribution in [0.15, 0.2) is 46.1 Å². The molecule has 2 heterocycles. The molecular weight excluding hydrogens is 336 g/mol. The molecule has 1 aromatic carbocycles. The van der Waals surface area contributed by atoms with Gasteiger partial charge in [0.2, 0.25) is 0 Å². The number of hydrogen-bond acceptors (Lipinski definition) is 6. The Morgan fingerprint density at radius 2 is 2.12 bits per heavy atom. The average Bonchev–Trinajstić information content (AvgIpc) is 2.80. The third kappa shape index (κ3) is 2.46. The van der Waals surface area contributed by atoms with Crippen molar-refractivity contribution in [1.82, 2.24) is 5.32 Å². The highest BCUT2D eigenvalue weighted by atomic mass is 32.2. The number of carboxylic acids is 1. The van der Waals surface area contributed by atoms with Gasteiger partial charge in [-0.15, -0.1) is 0 Å². The molecule has 2 aliphatic heterocycles. The highest BCUT2D eigenvalue weighted by Gasteiger charge is 2.43. The van der Waals surface area contributed by atoms with Gasteiger partial charge in [-0.05, 0) is 12.5 Å². The van der Waals surface area contributed by atoms with Crippen molar-refractivity contribution in [3.63, 3.8) is 0 Å². The van der Waals surface area contributed by atoms with E-state index in [0.717, 1.165) is 0 Å². The first kappa shape index (κ1) is 16.2. The van der Waals surface area contributed by atoms with Crippen LogP contribution in [0.4, 0.5) is 5.69 Å². The number of allylic oxidation sites excluding steroid dienone is 3. The first-order chi connectivity index (χ1) is 11.2. The summed E-state index contributed by atoms with van der Waals surface area (Å²) < 4.78 is 24.9. The monoisotopic (exact) mass is 350 g/mol. The van der Waals surface area contributed by atoms with E-state index in [0.29, 0.717) is 11.4 Å². The van der Waals surface area contributed by atoms with Gasteiger partial charge in [0.1, 0.15) is 0 Å². The van der Waals surface area contributed by atoms with Gasteiger partial charge < -0.3 is 10.4 Å². The van der Waals surface area contributed by atoms with E-state index in [-0.39, 0.29) is 33.9 Å². The van der Waals surface area contributed by atoms with Gasteiger partial charge in [-0.25, -0.2) is 13.2 Å². The van der Waals surface area contributed by atoms with Crippen LogP contribution in [0.25, 0.3) is 0 Å². The molecule has 0 radical (unpaired) electrons. The summed E-state index contributed by atoms with van der Waals surface area (Å²) in [7, 11) is -3.62. The highest BCUT2D eigenvalue weighted by molar-refractivity contribution is 7.95. The number of nitrogens with one attached hydrogen (secondary N) is 1. The van der Waals surface area contributed by atoms with Gasteiger partial charge in [-0.2, -0.15) is 0 Å².